The summed E-state index contributed by atoms with van der Waals surface area (Å²) < 4.78 is 7.47. The molecule has 7 atom stereocenters. The van der Waals surface area contributed by atoms with Crippen LogP contribution in [-0.2, 0) is 27.2 Å². The van der Waals surface area contributed by atoms with Crippen molar-refractivity contribution < 1.29 is 34.8 Å². The molecule has 0 bridgehead atoms. The van der Waals surface area contributed by atoms with Gasteiger partial charge < -0.3 is 45.3 Å². The van der Waals surface area contributed by atoms with E-state index >= 15 is 0 Å². The zero-order valence-electron chi connectivity index (χ0n) is 31.2. The molecule has 280 valence electrons. The maximum atomic E-state index is 12.8. The molecule has 5 rings (SSSR count). The molecular weight excluding hydrogens is 648 g/mol. The molecule has 1 fully saturated rings. The summed E-state index contributed by atoms with van der Waals surface area (Å²) in [5.74, 6) is 0.342. The number of nitrogens with one attached hydrogen (secondary N) is 3. The lowest BCUT2D eigenvalue weighted by Crippen LogP contribution is -2.56. The molecule has 0 saturated carbocycles. The highest BCUT2D eigenvalue weighted by Crippen LogP contribution is 2.34. The normalized spacial score (nSPS) is 22.2. The van der Waals surface area contributed by atoms with Gasteiger partial charge in [0, 0.05) is 52.6 Å². The Hall–Kier alpha value is -3.42. The lowest BCUT2D eigenvalue weighted by atomic mass is 9.95. The number of nitrogens with zero attached hydrogens (tertiary/aromatic N) is 1. The molecule has 0 spiro atoms. The summed E-state index contributed by atoms with van der Waals surface area (Å²) in [7, 11) is 0. The molecule has 4 aromatic rings. The molecular formula is C40H58N4O7. The van der Waals surface area contributed by atoms with E-state index < -0.39 is 37.3 Å². The van der Waals surface area contributed by atoms with Crippen LogP contribution in [0.5, 0.6) is 0 Å². The highest BCUT2D eigenvalue weighted by Gasteiger charge is 2.44. The molecule has 7 N–H and O–H groups in total. The number of para-hydroxylation sites is 2. The third-order valence-electron chi connectivity index (χ3n) is 9.38. The third-order valence-corrected chi connectivity index (χ3v) is 9.38. The first-order chi connectivity index (χ1) is 24.1. The molecule has 2 aromatic heterocycles. The summed E-state index contributed by atoms with van der Waals surface area (Å²) in [5, 5.41) is 49.3. The number of ketones is 2. The molecule has 0 amide bonds. The summed E-state index contributed by atoms with van der Waals surface area (Å²) in [4.78, 5) is 28.5. The van der Waals surface area contributed by atoms with Crippen molar-refractivity contribution in [2.45, 2.75) is 123 Å². The van der Waals surface area contributed by atoms with Gasteiger partial charge in [-0.3, -0.25) is 9.59 Å². The van der Waals surface area contributed by atoms with Crippen molar-refractivity contribution in [3.8, 4) is 0 Å². The van der Waals surface area contributed by atoms with E-state index in [9.17, 15) is 30.0 Å². The van der Waals surface area contributed by atoms with Crippen molar-refractivity contribution in [3.05, 3.63) is 72.1 Å². The van der Waals surface area contributed by atoms with Crippen LogP contribution in [0, 0.1) is 11.8 Å². The molecule has 1 aliphatic heterocycles. The largest absolute Gasteiger partial charge is 0.394 e. The van der Waals surface area contributed by atoms with Gasteiger partial charge in [0.15, 0.2) is 17.8 Å². The lowest BCUT2D eigenvalue weighted by molar-refractivity contribution is -0.250. The van der Waals surface area contributed by atoms with Gasteiger partial charge in [-0.15, -0.1) is 0 Å². The number of fused-ring (bicyclic) bond motifs is 2. The first-order valence-electron chi connectivity index (χ1n) is 18.2. The van der Waals surface area contributed by atoms with Crippen molar-refractivity contribution in [3.63, 3.8) is 0 Å². The fourth-order valence-corrected chi connectivity index (χ4v) is 6.80. The Morgan fingerprint density at radius 1 is 0.745 bits per heavy atom. The van der Waals surface area contributed by atoms with Crippen LogP contribution < -0.4 is 10.6 Å². The Bertz CT molecular complexity index is 1730. The van der Waals surface area contributed by atoms with E-state index in [1.54, 1.807) is 4.57 Å². The van der Waals surface area contributed by atoms with Crippen molar-refractivity contribution in [1.29, 1.82) is 0 Å². The number of Topliss-reactive ketones (excluding diaryl/α,β-unsaturated/α-hetero) is 2. The minimum Gasteiger partial charge on any atom is -0.394 e. The number of hydrogen-bond donors (Lipinski definition) is 7. The maximum absolute atomic E-state index is 12.8. The highest BCUT2D eigenvalue weighted by molar-refractivity contribution is 5.89. The molecule has 2 aromatic carbocycles. The topological polar surface area (TPSA) is 169 Å². The van der Waals surface area contributed by atoms with E-state index in [2.05, 4.69) is 41.6 Å². The smallest absolute Gasteiger partial charge is 0.163 e. The monoisotopic (exact) mass is 706 g/mol. The Morgan fingerprint density at radius 2 is 1.27 bits per heavy atom. The molecule has 0 aliphatic carbocycles. The fraction of sp³-hybridized carbons (Fsp3) is 0.550. The molecule has 0 radical (unpaired) electrons. The van der Waals surface area contributed by atoms with Crippen molar-refractivity contribution in [2.24, 2.45) is 11.8 Å². The molecule has 3 heterocycles. The SMILES string of the molecule is CC(C)NC(Cc1c[nH]c2ccccc12)C(=O)C(C)C.CC(C)NC(Cc1cn(C2OC(CO)C(O)C(O)C2O)c2ccccc12)C(=O)C(C)C. The fourth-order valence-electron chi connectivity index (χ4n) is 6.80. The standard InChI is InChI=1S/C23H34N2O6.C17H24N2O/c1-12(2)19(27)16(24-13(3)4)9-14-10-25(17-8-6-5-7-15(14)17)23-22(30)21(29)20(28)18(11-26)31-23;1-11(2)17(20)16(19-12(3)4)9-13-10-18-15-8-6-5-7-14(13)15/h5-8,10,12-13,16,18,20-24,26,28-30H,9,11H2,1-4H3;5-8,10-12,16,18-19H,9H2,1-4H3. The van der Waals surface area contributed by atoms with Gasteiger partial charge in [-0.25, -0.2) is 0 Å². The van der Waals surface area contributed by atoms with Gasteiger partial charge in [0.05, 0.1) is 24.2 Å². The van der Waals surface area contributed by atoms with E-state index in [1.165, 1.54) is 10.9 Å². The van der Waals surface area contributed by atoms with Crippen molar-refractivity contribution in [2.75, 3.05) is 6.61 Å². The Kier molecular flexibility index (Phi) is 14.1. The lowest BCUT2D eigenvalue weighted by Gasteiger charge is -2.40. The second kappa shape index (κ2) is 17.9. The van der Waals surface area contributed by atoms with E-state index in [0.29, 0.717) is 12.5 Å². The number of rotatable bonds is 14. The van der Waals surface area contributed by atoms with Crippen LogP contribution in [0.4, 0.5) is 0 Å². The van der Waals surface area contributed by atoms with Crippen LogP contribution in [0.15, 0.2) is 60.9 Å². The van der Waals surface area contributed by atoms with Gasteiger partial charge in [0.25, 0.3) is 0 Å². The molecule has 11 heteroatoms. The quantitative estimate of drug-likeness (QED) is 0.102. The predicted octanol–water partition coefficient (Wildman–Crippen LogP) is 4.05. The number of aromatic nitrogens is 2. The first kappa shape index (κ1) is 40.4. The van der Waals surface area contributed by atoms with Gasteiger partial charge >= 0.3 is 0 Å². The van der Waals surface area contributed by atoms with Crippen molar-refractivity contribution >= 4 is 33.4 Å². The van der Waals surface area contributed by atoms with Gasteiger partial charge in [-0.05, 0) is 36.1 Å². The molecule has 7 unspecified atom stereocenters. The number of aliphatic hydroxyl groups excluding tert-OH is 4. The summed E-state index contributed by atoms with van der Waals surface area (Å²) >= 11 is 0. The van der Waals surface area contributed by atoms with Crippen molar-refractivity contribution in [1.82, 2.24) is 20.2 Å². The summed E-state index contributed by atoms with van der Waals surface area (Å²) in [6, 6.07) is 15.7. The predicted molar refractivity (Wildman–Crippen MR) is 200 cm³/mol. The Balaban J connectivity index is 0.000000251. The van der Waals surface area contributed by atoms with Gasteiger partial charge in [0.2, 0.25) is 0 Å². The average Bonchev–Trinajstić information content (AvgIpc) is 3.67. The number of H-pyrrole nitrogens is 1. The number of ether oxygens (including phenoxy) is 1. The average molecular weight is 707 g/mol. The minimum atomic E-state index is -1.46. The number of aliphatic hydroxyl groups is 4. The molecule has 1 aliphatic rings. The van der Waals surface area contributed by atoms with Gasteiger partial charge in [0.1, 0.15) is 24.4 Å². The molecule has 1 saturated heterocycles. The van der Waals surface area contributed by atoms with Crippen LogP contribution in [0.1, 0.15) is 72.7 Å². The molecule has 51 heavy (non-hydrogen) atoms. The number of carbonyl (C=O) groups excluding carboxylic acids is 2. The van der Waals surface area contributed by atoms with E-state index in [-0.39, 0.29) is 41.5 Å². The second-order valence-electron chi connectivity index (χ2n) is 14.9. The number of carbonyl (C=O) groups is 2. The Labute approximate surface area is 301 Å². The third kappa shape index (κ3) is 9.72. The summed E-state index contributed by atoms with van der Waals surface area (Å²) in [5.41, 5.74) is 4.00. The van der Waals surface area contributed by atoms with Gasteiger partial charge in [-0.1, -0.05) is 91.8 Å². The first-order valence-corrected chi connectivity index (χ1v) is 18.2. The zero-order valence-corrected chi connectivity index (χ0v) is 31.2. The van der Waals surface area contributed by atoms with Crippen LogP contribution in [-0.4, -0.2) is 96.7 Å². The zero-order chi connectivity index (χ0) is 37.6. The second-order valence-corrected chi connectivity index (χ2v) is 14.9. The van der Waals surface area contributed by atoms with E-state index in [4.69, 9.17) is 4.74 Å². The Morgan fingerprint density at radius 3 is 1.82 bits per heavy atom. The summed E-state index contributed by atoms with van der Waals surface area (Å²) in [6.07, 6.45) is -1.22. The van der Waals surface area contributed by atoms with Crippen LogP contribution in [0.3, 0.4) is 0 Å². The highest BCUT2D eigenvalue weighted by atomic mass is 16.6. The van der Waals surface area contributed by atoms with Crippen LogP contribution in [0.25, 0.3) is 21.8 Å². The van der Waals surface area contributed by atoms with E-state index in [0.717, 1.165) is 28.4 Å². The molecule has 11 nitrogen and oxygen atoms in total. The maximum Gasteiger partial charge on any atom is 0.163 e. The number of aromatic amines is 1. The van der Waals surface area contributed by atoms with E-state index in [1.807, 2.05) is 90.3 Å². The van der Waals surface area contributed by atoms with Gasteiger partial charge in [-0.2, -0.15) is 0 Å². The van der Waals surface area contributed by atoms with Crippen LogP contribution >= 0.6 is 0 Å². The number of hydrogen-bond acceptors (Lipinski definition) is 9. The summed E-state index contributed by atoms with van der Waals surface area (Å²) in [6.45, 7) is 15.4. The van der Waals surface area contributed by atoms with Crippen LogP contribution in [0.2, 0.25) is 0 Å². The minimum absolute atomic E-state index is 0.0523. The number of benzene rings is 2.